The molecule has 0 radical (unpaired) electrons. The van der Waals surface area contributed by atoms with Crippen molar-refractivity contribution in [1.29, 1.82) is 0 Å². The zero-order valence-corrected chi connectivity index (χ0v) is 9.92. The lowest BCUT2D eigenvalue weighted by molar-refractivity contribution is 0.277. The molecule has 0 bridgehead atoms. The lowest BCUT2D eigenvalue weighted by atomic mass is 10.1. The summed E-state index contributed by atoms with van der Waals surface area (Å²) in [6.07, 6.45) is 1.29. The Bertz CT molecular complexity index is 484. The lowest BCUT2D eigenvalue weighted by Gasteiger charge is -2.03. The molecule has 0 amide bonds. The van der Waals surface area contributed by atoms with E-state index in [0.29, 0.717) is 22.0 Å². The summed E-state index contributed by atoms with van der Waals surface area (Å²) in [6.45, 7) is -0.172. The van der Waals surface area contributed by atoms with Crippen LogP contribution in [0.4, 0.5) is 0 Å². The molecule has 1 N–H and O–H groups in total. The zero-order chi connectivity index (χ0) is 10.8. The number of halogens is 2. The van der Waals surface area contributed by atoms with Crippen LogP contribution in [-0.4, -0.2) is 10.1 Å². The highest BCUT2D eigenvalue weighted by molar-refractivity contribution is 9.10. The maximum atomic E-state index is 9.05. The van der Waals surface area contributed by atoms with Crippen molar-refractivity contribution in [2.24, 2.45) is 0 Å². The summed E-state index contributed by atoms with van der Waals surface area (Å²) in [6, 6.07) is 5.49. The first kappa shape index (κ1) is 10.7. The molecular formula is C10H7BrClNO2. The Kier molecular flexibility index (Phi) is 3.09. The normalized spacial score (nSPS) is 10.6. The topological polar surface area (TPSA) is 46.3 Å². The minimum atomic E-state index is -0.172. The zero-order valence-electron chi connectivity index (χ0n) is 7.58. The molecule has 1 aromatic carbocycles. The van der Waals surface area contributed by atoms with E-state index in [4.69, 9.17) is 21.1 Å². The second kappa shape index (κ2) is 4.35. The highest BCUT2D eigenvalue weighted by Crippen LogP contribution is 2.34. The van der Waals surface area contributed by atoms with Crippen molar-refractivity contribution in [1.82, 2.24) is 4.98 Å². The number of aliphatic hydroxyl groups is 1. The van der Waals surface area contributed by atoms with Gasteiger partial charge in [0, 0.05) is 10.0 Å². The molecule has 2 rings (SSSR count). The van der Waals surface area contributed by atoms with Gasteiger partial charge in [0.2, 0.25) is 0 Å². The van der Waals surface area contributed by atoms with E-state index in [1.165, 1.54) is 6.39 Å². The SMILES string of the molecule is OCc1ncoc1-c1cccc(Br)c1Cl. The average molecular weight is 289 g/mol. The van der Waals surface area contributed by atoms with Gasteiger partial charge in [-0.1, -0.05) is 17.7 Å². The summed E-state index contributed by atoms with van der Waals surface area (Å²) in [5, 5.41) is 9.60. The van der Waals surface area contributed by atoms with Crippen LogP contribution in [0, 0.1) is 0 Å². The van der Waals surface area contributed by atoms with E-state index < -0.39 is 0 Å². The van der Waals surface area contributed by atoms with Gasteiger partial charge in [0.15, 0.2) is 12.2 Å². The van der Waals surface area contributed by atoms with E-state index in [1.807, 2.05) is 18.2 Å². The van der Waals surface area contributed by atoms with Crippen LogP contribution in [0.5, 0.6) is 0 Å². The second-order valence-corrected chi connectivity index (χ2v) is 4.12. The molecule has 1 heterocycles. The molecule has 0 unspecified atom stereocenters. The first-order chi connectivity index (χ1) is 7.24. The molecule has 0 fully saturated rings. The van der Waals surface area contributed by atoms with Crippen LogP contribution in [0.25, 0.3) is 11.3 Å². The van der Waals surface area contributed by atoms with Gasteiger partial charge >= 0.3 is 0 Å². The molecule has 0 aliphatic rings. The second-order valence-electron chi connectivity index (χ2n) is 2.89. The molecule has 15 heavy (non-hydrogen) atoms. The third-order valence-corrected chi connectivity index (χ3v) is 3.28. The predicted octanol–water partition coefficient (Wildman–Crippen LogP) is 3.25. The molecule has 0 aliphatic heterocycles. The van der Waals surface area contributed by atoms with Gasteiger partial charge in [0.05, 0.1) is 11.6 Å². The van der Waals surface area contributed by atoms with E-state index in [9.17, 15) is 0 Å². The average Bonchev–Trinajstić information content (AvgIpc) is 2.70. The Morgan fingerprint density at radius 3 is 3.00 bits per heavy atom. The fourth-order valence-electron chi connectivity index (χ4n) is 1.28. The van der Waals surface area contributed by atoms with E-state index in [0.717, 1.165) is 4.47 Å². The summed E-state index contributed by atoms with van der Waals surface area (Å²) in [5.74, 6) is 0.504. The predicted molar refractivity (Wildman–Crippen MR) is 60.6 cm³/mol. The van der Waals surface area contributed by atoms with Crippen LogP contribution >= 0.6 is 27.5 Å². The Labute approximate surface area is 99.8 Å². The van der Waals surface area contributed by atoms with Crippen LogP contribution in [0.1, 0.15) is 5.69 Å². The molecule has 0 saturated carbocycles. The molecule has 0 atom stereocenters. The fraction of sp³-hybridized carbons (Fsp3) is 0.100. The Balaban J connectivity index is 2.59. The fourth-order valence-corrected chi connectivity index (χ4v) is 1.86. The number of aliphatic hydroxyl groups excluding tert-OH is 1. The highest BCUT2D eigenvalue weighted by atomic mass is 79.9. The number of hydrogen-bond acceptors (Lipinski definition) is 3. The number of hydrogen-bond donors (Lipinski definition) is 1. The maximum absolute atomic E-state index is 9.05. The van der Waals surface area contributed by atoms with Gasteiger partial charge in [-0.15, -0.1) is 0 Å². The Morgan fingerprint density at radius 1 is 1.47 bits per heavy atom. The maximum Gasteiger partial charge on any atom is 0.181 e. The van der Waals surface area contributed by atoms with Gasteiger partial charge in [-0.2, -0.15) is 0 Å². The number of rotatable bonds is 2. The van der Waals surface area contributed by atoms with Crippen molar-refractivity contribution in [2.45, 2.75) is 6.61 Å². The van der Waals surface area contributed by atoms with E-state index in [2.05, 4.69) is 20.9 Å². The van der Waals surface area contributed by atoms with Crippen molar-refractivity contribution in [3.05, 3.63) is 39.8 Å². The van der Waals surface area contributed by atoms with Gasteiger partial charge in [0.1, 0.15) is 5.69 Å². The third kappa shape index (κ3) is 1.93. The minimum Gasteiger partial charge on any atom is -0.443 e. The summed E-state index contributed by atoms with van der Waals surface area (Å²) in [5.41, 5.74) is 1.20. The summed E-state index contributed by atoms with van der Waals surface area (Å²) < 4.78 is 5.98. The Morgan fingerprint density at radius 2 is 2.27 bits per heavy atom. The molecule has 5 heteroatoms. The van der Waals surface area contributed by atoms with Crippen molar-refractivity contribution in [3.8, 4) is 11.3 Å². The van der Waals surface area contributed by atoms with Crippen molar-refractivity contribution >= 4 is 27.5 Å². The quantitative estimate of drug-likeness (QED) is 0.922. The highest BCUT2D eigenvalue weighted by Gasteiger charge is 2.14. The first-order valence-electron chi connectivity index (χ1n) is 4.21. The van der Waals surface area contributed by atoms with Crippen molar-refractivity contribution < 1.29 is 9.52 Å². The number of nitrogens with zero attached hydrogens (tertiary/aromatic N) is 1. The lowest BCUT2D eigenvalue weighted by Crippen LogP contribution is -1.87. The number of oxazole rings is 1. The molecule has 2 aromatic rings. The number of benzene rings is 1. The van der Waals surface area contributed by atoms with Crippen LogP contribution in [-0.2, 0) is 6.61 Å². The summed E-state index contributed by atoms with van der Waals surface area (Å²) >= 11 is 9.42. The molecule has 0 saturated heterocycles. The van der Waals surface area contributed by atoms with Crippen LogP contribution in [0.2, 0.25) is 5.02 Å². The standard InChI is InChI=1S/C10H7BrClNO2/c11-7-3-1-2-6(9(7)12)10-8(4-14)13-5-15-10/h1-3,5,14H,4H2. The van der Waals surface area contributed by atoms with Crippen LogP contribution in [0.3, 0.4) is 0 Å². The molecule has 3 nitrogen and oxygen atoms in total. The smallest absolute Gasteiger partial charge is 0.181 e. The van der Waals surface area contributed by atoms with E-state index in [1.54, 1.807) is 0 Å². The van der Waals surface area contributed by atoms with Gasteiger partial charge < -0.3 is 9.52 Å². The molecule has 1 aromatic heterocycles. The van der Waals surface area contributed by atoms with E-state index in [-0.39, 0.29) is 6.61 Å². The molecule has 0 spiro atoms. The molecular weight excluding hydrogens is 281 g/mol. The molecule has 78 valence electrons. The minimum absolute atomic E-state index is 0.172. The first-order valence-corrected chi connectivity index (χ1v) is 5.38. The Hall–Kier alpha value is -0.840. The largest absolute Gasteiger partial charge is 0.443 e. The van der Waals surface area contributed by atoms with Gasteiger partial charge in [-0.25, -0.2) is 4.98 Å². The van der Waals surface area contributed by atoms with Crippen LogP contribution in [0.15, 0.2) is 33.5 Å². The number of aromatic nitrogens is 1. The van der Waals surface area contributed by atoms with Gasteiger partial charge in [-0.05, 0) is 28.1 Å². The van der Waals surface area contributed by atoms with Crippen molar-refractivity contribution in [2.75, 3.05) is 0 Å². The van der Waals surface area contributed by atoms with E-state index >= 15 is 0 Å². The summed E-state index contributed by atoms with van der Waals surface area (Å²) in [4.78, 5) is 3.89. The van der Waals surface area contributed by atoms with Gasteiger partial charge in [0.25, 0.3) is 0 Å². The summed E-state index contributed by atoms with van der Waals surface area (Å²) in [7, 11) is 0. The third-order valence-electron chi connectivity index (χ3n) is 1.99. The van der Waals surface area contributed by atoms with Crippen LogP contribution < -0.4 is 0 Å². The van der Waals surface area contributed by atoms with Gasteiger partial charge in [-0.3, -0.25) is 0 Å². The van der Waals surface area contributed by atoms with Crippen molar-refractivity contribution in [3.63, 3.8) is 0 Å². The monoisotopic (exact) mass is 287 g/mol. The molecule has 0 aliphatic carbocycles.